The molecule has 1 unspecified atom stereocenters. The van der Waals surface area contributed by atoms with E-state index in [1.54, 1.807) is 19.1 Å². The predicted molar refractivity (Wildman–Crippen MR) is 92.4 cm³/mol. The molecule has 1 aromatic carbocycles. The van der Waals surface area contributed by atoms with Gasteiger partial charge in [0, 0.05) is 12.0 Å². The second-order valence-corrected chi connectivity index (χ2v) is 7.84. The third kappa shape index (κ3) is 4.47. The van der Waals surface area contributed by atoms with E-state index in [-0.39, 0.29) is 22.4 Å². The summed E-state index contributed by atoms with van der Waals surface area (Å²) in [7, 11) is 0. The number of nitrogen functional groups attached to an aromatic ring is 1. The second kappa shape index (κ2) is 7.21. The molecule has 1 heterocycles. The van der Waals surface area contributed by atoms with E-state index in [0.717, 1.165) is 5.56 Å². The van der Waals surface area contributed by atoms with Gasteiger partial charge in [0.05, 0.1) is 5.25 Å². The molecule has 6 nitrogen and oxygen atoms in total. The van der Waals surface area contributed by atoms with Crippen LogP contribution in [0.3, 0.4) is 0 Å². The standard InChI is InChI=1S/C16H22FN5OS/c1-10(13(23)19-9-11-5-7-12(17)8-6-11)24-15-21-20-14(22(15)18)16(2,3)4/h5-8,10H,9,18H2,1-4H3,(H,19,23). The monoisotopic (exact) mass is 351 g/mol. The number of hydrogen-bond acceptors (Lipinski definition) is 5. The van der Waals surface area contributed by atoms with Gasteiger partial charge >= 0.3 is 0 Å². The van der Waals surface area contributed by atoms with Crippen molar-refractivity contribution >= 4 is 17.7 Å². The molecule has 1 aromatic heterocycles. The molecule has 0 aliphatic rings. The summed E-state index contributed by atoms with van der Waals surface area (Å²) in [6.07, 6.45) is 0. The quantitative estimate of drug-likeness (QED) is 0.637. The molecular weight excluding hydrogens is 329 g/mol. The first-order chi connectivity index (χ1) is 11.2. The average Bonchev–Trinajstić information content (AvgIpc) is 2.87. The van der Waals surface area contributed by atoms with E-state index in [4.69, 9.17) is 5.84 Å². The molecular formula is C16H22FN5OS. The number of benzene rings is 1. The summed E-state index contributed by atoms with van der Waals surface area (Å²) in [4.78, 5) is 12.2. The molecule has 8 heteroatoms. The Bertz CT molecular complexity index is 708. The van der Waals surface area contributed by atoms with Gasteiger partial charge in [0.25, 0.3) is 0 Å². The number of carbonyl (C=O) groups is 1. The summed E-state index contributed by atoms with van der Waals surface area (Å²) in [6.45, 7) is 8.09. The van der Waals surface area contributed by atoms with E-state index in [1.165, 1.54) is 28.6 Å². The third-order valence-electron chi connectivity index (χ3n) is 3.37. The van der Waals surface area contributed by atoms with Crippen molar-refractivity contribution in [3.63, 3.8) is 0 Å². The van der Waals surface area contributed by atoms with Gasteiger partial charge in [-0.15, -0.1) is 10.2 Å². The summed E-state index contributed by atoms with van der Waals surface area (Å²) in [5.74, 6) is 6.23. The molecule has 3 N–H and O–H groups in total. The molecule has 0 aliphatic carbocycles. The summed E-state index contributed by atoms with van der Waals surface area (Å²) >= 11 is 1.25. The largest absolute Gasteiger partial charge is 0.351 e. The fourth-order valence-electron chi connectivity index (χ4n) is 2.02. The van der Waals surface area contributed by atoms with Crippen molar-refractivity contribution < 1.29 is 9.18 Å². The number of aromatic nitrogens is 3. The van der Waals surface area contributed by atoms with Gasteiger partial charge in [-0.3, -0.25) is 4.79 Å². The van der Waals surface area contributed by atoms with Gasteiger partial charge in [-0.05, 0) is 24.6 Å². The minimum Gasteiger partial charge on any atom is -0.351 e. The van der Waals surface area contributed by atoms with Gasteiger partial charge in [0.2, 0.25) is 11.1 Å². The number of hydrogen-bond donors (Lipinski definition) is 2. The molecule has 1 atom stereocenters. The lowest BCUT2D eigenvalue weighted by atomic mass is 9.96. The molecule has 2 rings (SSSR count). The van der Waals surface area contributed by atoms with E-state index < -0.39 is 0 Å². The lowest BCUT2D eigenvalue weighted by molar-refractivity contribution is -0.120. The molecule has 0 fully saturated rings. The fraction of sp³-hybridized carbons (Fsp3) is 0.438. The lowest BCUT2D eigenvalue weighted by Gasteiger charge is -2.17. The fourth-order valence-corrected chi connectivity index (χ4v) is 2.81. The van der Waals surface area contributed by atoms with E-state index in [0.29, 0.717) is 17.5 Å². The molecule has 24 heavy (non-hydrogen) atoms. The van der Waals surface area contributed by atoms with Gasteiger partial charge in [0.15, 0.2) is 5.82 Å². The molecule has 0 spiro atoms. The Labute approximate surface area is 145 Å². The van der Waals surface area contributed by atoms with E-state index in [2.05, 4.69) is 15.5 Å². The zero-order chi connectivity index (χ0) is 17.9. The van der Waals surface area contributed by atoms with Crippen molar-refractivity contribution in [2.45, 2.75) is 50.1 Å². The van der Waals surface area contributed by atoms with Crippen LogP contribution in [0.1, 0.15) is 39.1 Å². The first-order valence-corrected chi connectivity index (χ1v) is 8.46. The number of carbonyl (C=O) groups excluding carboxylic acids is 1. The normalized spacial score (nSPS) is 12.9. The summed E-state index contributed by atoms with van der Waals surface area (Å²) in [6, 6.07) is 6.01. The zero-order valence-electron chi connectivity index (χ0n) is 14.2. The second-order valence-electron chi connectivity index (χ2n) is 6.53. The first kappa shape index (κ1) is 18.3. The Hall–Kier alpha value is -2.09. The lowest BCUT2D eigenvalue weighted by Crippen LogP contribution is -2.31. The Morgan fingerprint density at radius 2 is 1.96 bits per heavy atom. The molecule has 130 valence electrons. The van der Waals surface area contributed by atoms with E-state index >= 15 is 0 Å². The summed E-state index contributed by atoms with van der Waals surface area (Å²) in [5, 5.41) is 11.1. The van der Waals surface area contributed by atoms with E-state index in [1.807, 2.05) is 20.8 Å². The molecule has 0 aliphatic heterocycles. The number of amides is 1. The number of nitrogens with zero attached hydrogens (tertiary/aromatic N) is 3. The first-order valence-electron chi connectivity index (χ1n) is 7.58. The number of halogens is 1. The maximum Gasteiger partial charge on any atom is 0.233 e. The number of rotatable bonds is 5. The highest BCUT2D eigenvalue weighted by Gasteiger charge is 2.25. The molecule has 0 saturated carbocycles. The van der Waals surface area contributed by atoms with Crippen molar-refractivity contribution in [3.8, 4) is 0 Å². The number of thioether (sulfide) groups is 1. The Morgan fingerprint density at radius 1 is 1.33 bits per heavy atom. The minimum absolute atomic E-state index is 0.148. The topological polar surface area (TPSA) is 85.8 Å². The van der Waals surface area contributed by atoms with Gasteiger partial charge in [0.1, 0.15) is 5.82 Å². The SMILES string of the molecule is CC(Sc1nnc(C(C)(C)C)n1N)C(=O)NCc1ccc(F)cc1. The van der Waals surface area contributed by atoms with Crippen LogP contribution in [0.4, 0.5) is 4.39 Å². The Kier molecular flexibility index (Phi) is 5.48. The van der Waals surface area contributed by atoms with Crippen LogP contribution in [-0.4, -0.2) is 26.0 Å². The van der Waals surface area contributed by atoms with Crippen molar-refractivity contribution in [2.75, 3.05) is 5.84 Å². The highest BCUT2D eigenvalue weighted by molar-refractivity contribution is 8.00. The molecule has 1 amide bonds. The number of nitrogens with two attached hydrogens (primary N) is 1. The van der Waals surface area contributed by atoms with Gasteiger partial charge < -0.3 is 11.2 Å². The third-order valence-corrected chi connectivity index (χ3v) is 4.42. The highest BCUT2D eigenvalue weighted by atomic mass is 32.2. The molecule has 0 saturated heterocycles. The van der Waals surface area contributed by atoms with Crippen LogP contribution >= 0.6 is 11.8 Å². The van der Waals surface area contributed by atoms with Crippen LogP contribution in [-0.2, 0) is 16.8 Å². The summed E-state index contributed by atoms with van der Waals surface area (Å²) < 4.78 is 14.3. The van der Waals surface area contributed by atoms with Crippen molar-refractivity contribution in [1.82, 2.24) is 20.2 Å². The van der Waals surface area contributed by atoms with Crippen LogP contribution < -0.4 is 11.2 Å². The highest BCUT2D eigenvalue weighted by Crippen LogP contribution is 2.25. The minimum atomic E-state index is -0.384. The average molecular weight is 351 g/mol. The van der Waals surface area contributed by atoms with Crippen LogP contribution in [0.2, 0.25) is 0 Å². The van der Waals surface area contributed by atoms with Crippen LogP contribution in [0.15, 0.2) is 29.4 Å². The molecule has 2 aromatic rings. The van der Waals surface area contributed by atoms with Crippen LogP contribution in [0.5, 0.6) is 0 Å². The van der Waals surface area contributed by atoms with Gasteiger partial charge in [-0.25, -0.2) is 9.07 Å². The summed E-state index contributed by atoms with van der Waals surface area (Å²) in [5.41, 5.74) is 0.605. The molecule has 0 bridgehead atoms. The number of nitrogens with one attached hydrogen (secondary N) is 1. The van der Waals surface area contributed by atoms with Crippen molar-refractivity contribution in [3.05, 3.63) is 41.5 Å². The van der Waals surface area contributed by atoms with Gasteiger partial charge in [-0.2, -0.15) is 0 Å². The van der Waals surface area contributed by atoms with Crippen LogP contribution in [0.25, 0.3) is 0 Å². The smallest absolute Gasteiger partial charge is 0.233 e. The predicted octanol–water partition coefficient (Wildman–Crippen LogP) is 2.23. The zero-order valence-corrected chi connectivity index (χ0v) is 15.0. The molecule has 0 radical (unpaired) electrons. The maximum absolute atomic E-state index is 12.9. The maximum atomic E-state index is 12.9. The Balaban J connectivity index is 1.94. The Morgan fingerprint density at radius 3 is 2.50 bits per heavy atom. The van der Waals surface area contributed by atoms with Gasteiger partial charge in [-0.1, -0.05) is 44.7 Å². The van der Waals surface area contributed by atoms with Crippen molar-refractivity contribution in [2.24, 2.45) is 0 Å². The van der Waals surface area contributed by atoms with E-state index in [9.17, 15) is 9.18 Å². The van der Waals surface area contributed by atoms with Crippen LogP contribution in [0, 0.1) is 5.82 Å². The van der Waals surface area contributed by atoms with Crippen molar-refractivity contribution in [1.29, 1.82) is 0 Å².